The molecule has 1 aromatic carbocycles. The first kappa shape index (κ1) is 14.5. The molecule has 0 aliphatic rings. The molecular weight excluding hydrogens is 263 g/mol. The van der Waals surface area contributed by atoms with E-state index in [1.165, 1.54) is 13.0 Å². The quantitative estimate of drug-likeness (QED) is 0.856. The van der Waals surface area contributed by atoms with Gasteiger partial charge in [-0.1, -0.05) is 12.0 Å². The monoisotopic (exact) mass is 273 g/mol. The van der Waals surface area contributed by atoms with Crippen LogP contribution in [0.2, 0.25) is 0 Å². The summed E-state index contributed by atoms with van der Waals surface area (Å²) >= 11 is -0.358. The molecule has 96 valence electrons. The molecule has 0 aromatic heterocycles. The van der Waals surface area contributed by atoms with Crippen LogP contribution >= 0.6 is 11.8 Å². The topological polar surface area (TPSA) is 29.1 Å². The fourth-order valence-electron chi connectivity index (χ4n) is 1.18. The second kappa shape index (κ2) is 5.83. The lowest BCUT2D eigenvalue weighted by atomic mass is 10.2. The summed E-state index contributed by atoms with van der Waals surface area (Å²) in [7, 11) is 0. The molecule has 0 saturated carbocycles. The van der Waals surface area contributed by atoms with Crippen molar-refractivity contribution in [1.29, 1.82) is 0 Å². The van der Waals surface area contributed by atoms with Crippen LogP contribution in [0.1, 0.15) is 12.5 Å². The molecule has 0 bridgehead atoms. The Kier molecular flexibility index (Phi) is 4.68. The lowest BCUT2D eigenvalue weighted by Crippen LogP contribution is -2.25. The summed E-state index contributed by atoms with van der Waals surface area (Å²) < 4.78 is 36.2. The van der Waals surface area contributed by atoms with Crippen LogP contribution in [-0.2, 0) is 4.79 Å². The van der Waals surface area contributed by atoms with E-state index in [4.69, 9.17) is 6.42 Å². The maximum atomic E-state index is 12.1. The van der Waals surface area contributed by atoms with Crippen LogP contribution < -0.4 is 5.32 Å². The fraction of sp³-hybridized carbons (Fsp3) is 0.250. The molecule has 1 aromatic rings. The number of benzene rings is 1. The summed E-state index contributed by atoms with van der Waals surface area (Å²) in [5.41, 5.74) is -3.51. The van der Waals surface area contributed by atoms with Gasteiger partial charge in [-0.05, 0) is 36.9 Å². The highest BCUT2D eigenvalue weighted by atomic mass is 32.2. The number of carbonyl (C=O) groups is 1. The van der Waals surface area contributed by atoms with Crippen LogP contribution in [0, 0.1) is 12.3 Å². The number of carbonyl (C=O) groups excluding carboxylic acids is 1. The fourth-order valence-corrected chi connectivity index (χ4v) is 1.75. The lowest BCUT2D eigenvalue weighted by molar-refractivity contribution is -0.115. The molecule has 0 aliphatic heterocycles. The Morgan fingerprint density at radius 1 is 1.50 bits per heavy atom. The summed E-state index contributed by atoms with van der Waals surface area (Å²) in [5, 5.41) is 1.16. The van der Waals surface area contributed by atoms with Crippen molar-refractivity contribution < 1.29 is 18.0 Å². The number of anilines is 1. The van der Waals surface area contributed by atoms with E-state index < -0.39 is 16.7 Å². The Balaban J connectivity index is 2.67. The molecule has 1 N–H and O–H groups in total. The van der Waals surface area contributed by atoms with Crippen LogP contribution in [0.25, 0.3) is 0 Å². The molecule has 6 heteroatoms. The number of terminal acetylenes is 1. The molecule has 1 amide bonds. The minimum Gasteiger partial charge on any atom is -0.325 e. The zero-order chi connectivity index (χ0) is 13.8. The minimum atomic E-state index is -4.43. The van der Waals surface area contributed by atoms with Crippen LogP contribution in [0.3, 0.4) is 0 Å². The summed E-state index contributed by atoms with van der Waals surface area (Å²) in [6.45, 7) is 1.19. The van der Waals surface area contributed by atoms with Gasteiger partial charge >= 0.3 is 5.51 Å². The van der Waals surface area contributed by atoms with Gasteiger partial charge in [0, 0.05) is 11.3 Å². The van der Waals surface area contributed by atoms with Crippen LogP contribution in [0.15, 0.2) is 24.3 Å². The third kappa shape index (κ3) is 4.72. The van der Waals surface area contributed by atoms with Crippen molar-refractivity contribution in [3.05, 3.63) is 29.8 Å². The van der Waals surface area contributed by atoms with Crippen molar-refractivity contribution in [1.82, 2.24) is 0 Å². The zero-order valence-electron chi connectivity index (χ0n) is 9.41. The number of nitrogens with one attached hydrogen (secondary N) is 1. The van der Waals surface area contributed by atoms with Crippen molar-refractivity contribution in [3.63, 3.8) is 0 Å². The third-order valence-electron chi connectivity index (χ3n) is 1.98. The minimum absolute atomic E-state index is 0.358. The smallest absolute Gasteiger partial charge is 0.325 e. The maximum absolute atomic E-state index is 12.1. The summed E-state index contributed by atoms with van der Waals surface area (Å²) in [5.74, 6) is 1.66. The van der Waals surface area contributed by atoms with Gasteiger partial charge in [0.25, 0.3) is 0 Å². The normalized spacial score (nSPS) is 12.6. The van der Waals surface area contributed by atoms with Crippen molar-refractivity contribution in [2.75, 3.05) is 5.32 Å². The predicted octanol–water partition coefficient (Wildman–Crippen LogP) is 3.25. The average Bonchev–Trinajstić information content (AvgIpc) is 2.27. The Labute approximate surface area is 107 Å². The maximum Gasteiger partial charge on any atom is 0.442 e. The van der Waals surface area contributed by atoms with E-state index in [9.17, 15) is 18.0 Å². The van der Waals surface area contributed by atoms with E-state index >= 15 is 0 Å². The molecule has 0 radical (unpaired) electrons. The second-order valence-electron chi connectivity index (χ2n) is 3.42. The van der Waals surface area contributed by atoms with Crippen LogP contribution in [0.5, 0.6) is 0 Å². The summed E-state index contributed by atoms with van der Waals surface area (Å²) in [6, 6.07) is 6.35. The molecule has 0 spiro atoms. The lowest BCUT2D eigenvalue weighted by Gasteiger charge is -2.13. The van der Waals surface area contributed by atoms with Gasteiger partial charge in [0.15, 0.2) is 0 Å². The van der Waals surface area contributed by atoms with Gasteiger partial charge in [0.05, 0.1) is 5.25 Å². The first-order chi connectivity index (χ1) is 8.31. The Bertz CT molecular complexity index is 479. The Hall–Kier alpha value is -1.61. The van der Waals surface area contributed by atoms with Crippen molar-refractivity contribution >= 4 is 23.4 Å². The highest BCUT2D eigenvalue weighted by Crippen LogP contribution is 2.34. The second-order valence-corrected chi connectivity index (χ2v) is 4.83. The molecule has 0 saturated heterocycles. The van der Waals surface area contributed by atoms with Crippen molar-refractivity contribution in [3.8, 4) is 12.3 Å². The summed E-state index contributed by atoms with van der Waals surface area (Å²) in [4.78, 5) is 11.5. The van der Waals surface area contributed by atoms with Gasteiger partial charge in [-0.3, -0.25) is 4.79 Å². The number of hydrogen-bond acceptors (Lipinski definition) is 2. The Morgan fingerprint density at radius 2 is 2.17 bits per heavy atom. The van der Waals surface area contributed by atoms with Crippen LogP contribution in [-0.4, -0.2) is 16.7 Å². The van der Waals surface area contributed by atoms with Crippen molar-refractivity contribution in [2.45, 2.75) is 17.7 Å². The number of thioether (sulfide) groups is 1. The molecule has 0 aliphatic carbocycles. The molecule has 0 unspecified atom stereocenters. The molecule has 18 heavy (non-hydrogen) atoms. The average molecular weight is 273 g/mol. The first-order valence-electron chi connectivity index (χ1n) is 4.94. The van der Waals surface area contributed by atoms with Gasteiger partial charge in [-0.2, -0.15) is 13.2 Å². The van der Waals surface area contributed by atoms with Gasteiger partial charge in [-0.25, -0.2) is 0 Å². The standard InChI is InChI=1S/C12H10F3NOS/c1-3-9-5-4-6-10(7-9)16-11(17)8(2)18-12(13,14)15/h1,4-8H,2H3,(H,16,17)/t8-/m0/s1. The van der Waals surface area contributed by atoms with E-state index in [0.717, 1.165) is 0 Å². The number of alkyl halides is 3. The largest absolute Gasteiger partial charge is 0.442 e. The highest BCUT2D eigenvalue weighted by Gasteiger charge is 2.34. The molecule has 1 rings (SSSR count). The molecule has 2 nitrogen and oxygen atoms in total. The van der Waals surface area contributed by atoms with Crippen molar-refractivity contribution in [2.24, 2.45) is 0 Å². The number of hydrogen-bond donors (Lipinski definition) is 1. The number of halogens is 3. The molecule has 0 heterocycles. The third-order valence-corrected chi connectivity index (χ3v) is 2.81. The number of rotatable bonds is 3. The zero-order valence-corrected chi connectivity index (χ0v) is 10.2. The van der Waals surface area contributed by atoms with E-state index in [0.29, 0.717) is 11.3 Å². The number of amides is 1. The van der Waals surface area contributed by atoms with E-state index in [-0.39, 0.29) is 11.8 Å². The van der Waals surface area contributed by atoms with Crippen LogP contribution in [0.4, 0.5) is 18.9 Å². The first-order valence-corrected chi connectivity index (χ1v) is 5.82. The summed E-state index contributed by atoms with van der Waals surface area (Å²) in [6.07, 6.45) is 5.18. The van der Waals surface area contributed by atoms with Gasteiger partial charge in [0.1, 0.15) is 0 Å². The van der Waals surface area contributed by atoms with Gasteiger partial charge in [0.2, 0.25) is 5.91 Å². The Morgan fingerprint density at radius 3 is 2.72 bits per heavy atom. The highest BCUT2D eigenvalue weighted by molar-refractivity contribution is 8.01. The van der Waals surface area contributed by atoms with E-state index in [1.807, 2.05) is 0 Å². The van der Waals surface area contributed by atoms with Gasteiger partial charge in [-0.15, -0.1) is 6.42 Å². The van der Waals surface area contributed by atoms with Gasteiger partial charge < -0.3 is 5.32 Å². The molecule has 0 fully saturated rings. The van der Waals surface area contributed by atoms with E-state index in [2.05, 4.69) is 11.2 Å². The molecule has 1 atom stereocenters. The van der Waals surface area contributed by atoms with E-state index in [1.54, 1.807) is 18.2 Å². The molecular formula is C12H10F3NOS. The SMILES string of the molecule is C#Cc1cccc(NC(=O)[C@H](C)SC(F)(F)F)c1. The predicted molar refractivity (Wildman–Crippen MR) is 66.1 cm³/mol.